The topological polar surface area (TPSA) is 45.0 Å². The van der Waals surface area contributed by atoms with E-state index in [4.69, 9.17) is 0 Å². The monoisotopic (exact) mass is 369 g/mol. The Hall–Kier alpha value is -2.47. The van der Waals surface area contributed by atoms with Gasteiger partial charge in [-0.3, -0.25) is 9.69 Å². The van der Waals surface area contributed by atoms with Gasteiger partial charge in [0.25, 0.3) is 0 Å². The number of carbonyl (C=O) groups is 1. The van der Waals surface area contributed by atoms with Crippen LogP contribution in [0.25, 0.3) is 0 Å². The van der Waals surface area contributed by atoms with Gasteiger partial charge in [0.05, 0.1) is 18.0 Å². The highest BCUT2D eigenvalue weighted by atomic mass is 32.2. The second-order valence-corrected chi connectivity index (χ2v) is 7.27. The van der Waals surface area contributed by atoms with Crippen molar-refractivity contribution >= 4 is 29.1 Å². The van der Waals surface area contributed by atoms with Gasteiger partial charge >= 0.3 is 0 Å². The van der Waals surface area contributed by atoms with Crippen LogP contribution in [0.3, 0.4) is 0 Å². The number of aryl methyl sites for hydroxylation is 1. The van der Waals surface area contributed by atoms with Gasteiger partial charge in [-0.15, -0.1) is 5.10 Å². The molecule has 0 unspecified atom stereocenters. The smallest absolute Gasteiger partial charge is 0.242 e. The third-order valence-electron chi connectivity index (χ3n) is 4.07. The first kappa shape index (κ1) is 18.3. The summed E-state index contributed by atoms with van der Waals surface area (Å²) in [5.41, 5.74) is 2.99. The standard InChI is InChI=1S/C20H20FN3OS/c1-3-18-19(25)24(13-16-8-10-17(21)11-9-16)20(26-18)23-22-12-15-6-4-14(2)5-7-15/h4-12,18H,3,13H2,1-2H3/b22-12-,23-20-/t18-/m1/s1. The number of rotatable bonds is 5. The van der Waals surface area contributed by atoms with Crippen LogP contribution in [0.5, 0.6) is 0 Å². The summed E-state index contributed by atoms with van der Waals surface area (Å²) in [6.07, 6.45) is 2.40. The first-order valence-corrected chi connectivity index (χ1v) is 9.35. The van der Waals surface area contributed by atoms with Crippen molar-refractivity contribution in [3.8, 4) is 0 Å². The fourth-order valence-corrected chi connectivity index (χ4v) is 3.59. The third-order valence-corrected chi connectivity index (χ3v) is 5.40. The third kappa shape index (κ3) is 4.38. The molecule has 1 aliphatic rings. The highest BCUT2D eigenvalue weighted by Gasteiger charge is 2.36. The molecule has 0 aromatic heterocycles. The lowest BCUT2D eigenvalue weighted by molar-refractivity contribution is -0.126. The van der Waals surface area contributed by atoms with Gasteiger partial charge in [0.1, 0.15) is 5.82 Å². The number of carbonyl (C=O) groups excluding carboxylic acids is 1. The molecule has 2 aromatic carbocycles. The van der Waals surface area contributed by atoms with Crippen molar-refractivity contribution in [2.45, 2.75) is 32.1 Å². The average Bonchev–Trinajstić information content (AvgIpc) is 2.94. The van der Waals surface area contributed by atoms with Crippen LogP contribution in [0, 0.1) is 12.7 Å². The molecule has 0 bridgehead atoms. The minimum Gasteiger partial charge on any atom is -0.284 e. The molecule has 6 heteroatoms. The maximum absolute atomic E-state index is 13.1. The number of amides is 1. The quantitative estimate of drug-likeness (QED) is 0.580. The van der Waals surface area contributed by atoms with Crippen molar-refractivity contribution in [2.24, 2.45) is 10.2 Å². The van der Waals surface area contributed by atoms with Crippen LogP contribution in [0.15, 0.2) is 58.7 Å². The molecule has 26 heavy (non-hydrogen) atoms. The lowest BCUT2D eigenvalue weighted by Crippen LogP contribution is -2.31. The summed E-state index contributed by atoms with van der Waals surface area (Å²) in [6, 6.07) is 14.1. The number of amidine groups is 1. The summed E-state index contributed by atoms with van der Waals surface area (Å²) in [7, 11) is 0. The predicted octanol–water partition coefficient (Wildman–Crippen LogP) is 4.38. The van der Waals surface area contributed by atoms with Crippen LogP contribution in [-0.4, -0.2) is 27.4 Å². The van der Waals surface area contributed by atoms with E-state index in [9.17, 15) is 9.18 Å². The van der Waals surface area contributed by atoms with Gasteiger partial charge in [-0.2, -0.15) is 5.10 Å². The van der Waals surface area contributed by atoms with Crippen LogP contribution in [0.4, 0.5) is 4.39 Å². The second-order valence-electron chi connectivity index (χ2n) is 6.10. The van der Waals surface area contributed by atoms with Crippen molar-refractivity contribution in [2.75, 3.05) is 0 Å². The van der Waals surface area contributed by atoms with E-state index < -0.39 is 0 Å². The van der Waals surface area contributed by atoms with Crippen LogP contribution in [0.2, 0.25) is 0 Å². The van der Waals surface area contributed by atoms with Gasteiger partial charge in [0, 0.05) is 0 Å². The molecule has 1 heterocycles. The zero-order valence-electron chi connectivity index (χ0n) is 14.7. The van der Waals surface area contributed by atoms with Crippen molar-refractivity contribution in [1.29, 1.82) is 0 Å². The maximum atomic E-state index is 13.1. The SMILES string of the molecule is CC[C@H]1S/C(=N\N=C/c2ccc(C)cc2)N(Cc2ccc(F)cc2)C1=O. The Bertz CT molecular complexity index is 831. The number of nitrogens with zero attached hydrogens (tertiary/aromatic N) is 3. The van der Waals surface area contributed by atoms with Gasteiger partial charge in [0.2, 0.25) is 5.91 Å². The molecule has 1 atom stereocenters. The minimum atomic E-state index is -0.293. The summed E-state index contributed by atoms with van der Waals surface area (Å²) in [6.45, 7) is 4.37. The lowest BCUT2D eigenvalue weighted by Gasteiger charge is -2.15. The normalized spacial score (nSPS) is 19.0. The molecule has 1 amide bonds. The Morgan fingerprint density at radius 3 is 2.50 bits per heavy atom. The van der Waals surface area contributed by atoms with Crippen molar-refractivity contribution in [3.63, 3.8) is 0 Å². The molecule has 4 nitrogen and oxygen atoms in total. The second kappa shape index (κ2) is 8.27. The van der Waals surface area contributed by atoms with E-state index in [0.29, 0.717) is 11.7 Å². The number of hydrogen-bond acceptors (Lipinski definition) is 4. The summed E-state index contributed by atoms with van der Waals surface area (Å²) in [4.78, 5) is 14.2. The maximum Gasteiger partial charge on any atom is 0.242 e. The Labute approximate surface area is 156 Å². The largest absolute Gasteiger partial charge is 0.284 e. The van der Waals surface area contributed by atoms with Crippen LogP contribution in [0.1, 0.15) is 30.0 Å². The van der Waals surface area contributed by atoms with Gasteiger partial charge < -0.3 is 0 Å². The fourth-order valence-electron chi connectivity index (χ4n) is 2.56. The fraction of sp³-hybridized carbons (Fsp3) is 0.250. The highest BCUT2D eigenvalue weighted by molar-refractivity contribution is 8.15. The van der Waals surface area contributed by atoms with Crippen molar-refractivity contribution in [1.82, 2.24) is 4.90 Å². The molecule has 3 rings (SSSR count). The summed E-state index contributed by atoms with van der Waals surface area (Å²) >= 11 is 1.43. The highest BCUT2D eigenvalue weighted by Crippen LogP contribution is 2.30. The predicted molar refractivity (Wildman–Crippen MR) is 105 cm³/mol. The average molecular weight is 369 g/mol. The van der Waals surface area contributed by atoms with Crippen LogP contribution in [-0.2, 0) is 11.3 Å². The molecule has 0 aliphatic carbocycles. The van der Waals surface area contributed by atoms with Gasteiger partial charge in [-0.05, 0) is 36.6 Å². The summed E-state index contributed by atoms with van der Waals surface area (Å²) in [5, 5.41) is 8.84. The van der Waals surface area contributed by atoms with Gasteiger partial charge in [-0.25, -0.2) is 4.39 Å². The van der Waals surface area contributed by atoms with Gasteiger partial charge in [-0.1, -0.05) is 60.6 Å². The van der Waals surface area contributed by atoms with E-state index in [1.165, 1.54) is 29.5 Å². The van der Waals surface area contributed by atoms with E-state index in [0.717, 1.165) is 17.5 Å². The van der Waals surface area contributed by atoms with E-state index in [1.807, 2.05) is 38.1 Å². The molecule has 2 aromatic rings. The van der Waals surface area contributed by atoms with E-state index in [2.05, 4.69) is 10.2 Å². The zero-order valence-corrected chi connectivity index (χ0v) is 15.5. The van der Waals surface area contributed by atoms with Crippen LogP contribution < -0.4 is 0 Å². The molecule has 0 radical (unpaired) electrons. The first-order chi connectivity index (χ1) is 12.6. The molecule has 0 spiro atoms. The van der Waals surface area contributed by atoms with Crippen molar-refractivity contribution in [3.05, 3.63) is 71.0 Å². The number of hydrogen-bond donors (Lipinski definition) is 0. The first-order valence-electron chi connectivity index (χ1n) is 8.47. The summed E-state index contributed by atoms with van der Waals surface area (Å²) < 4.78 is 13.1. The Kier molecular flexibility index (Phi) is 5.83. The number of halogens is 1. The summed E-state index contributed by atoms with van der Waals surface area (Å²) in [5.74, 6) is -0.273. The number of thioether (sulfide) groups is 1. The molecule has 0 saturated carbocycles. The lowest BCUT2D eigenvalue weighted by atomic mass is 10.2. The van der Waals surface area contributed by atoms with E-state index in [-0.39, 0.29) is 17.0 Å². The molecule has 1 aliphatic heterocycles. The van der Waals surface area contributed by atoms with Crippen LogP contribution >= 0.6 is 11.8 Å². The molecule has 0 N–H and O–H groups in total. The Morgan fingerprint density at radius 1 is 1.15 bits per heavy atom. The minimum absolute atomic E-state index is 0.0195. The van der Waals surface area contributed by atoms with E-state index in [1.54, 1.807) is 23.2 Å². The van der Waals surface area contributed by atoms with Crippen molar-refractivity contribution < 1.29 is 9.18 Å². The molecule has 134 valence electrons. The Balaban J connectivity index is 1.78. The zero-order chi connectivity index (χ0) is 18.5. The van der Waals surface area contributed by atoms with E-state index >= 15 is 0 Å². The number of benzene rings is 2. The molecule has 1 fully saturated rings. The molecular weight excluding hydrogens is 349 g/mol. The van der Waals surface area contributed by atoms with Gasteiger partial charge in [0.15, 0.2) is 5.17 Å². The molecule has 1 saturated heterocycles. The molecular formula is C20H20FN3OS. The Morgan fingerprint density at radius 2 is 1.85 bits per heavy atom.